The van der Waals surface area contributed by atoms with Gasteiger partial charge in [-0.1, -0.05) is 17.9 Å². The molecule has 8 nitrogen and oxygen atoms in total. The minimum Gasteiger partial charge on any atom is -0.369 e. The lowest BCUT2D eigenvalue weighted by molar-refractivity contribution is -0.137. The maximum absolute atomic E-state index is 12.1. The van der Waals surface area contributed by atoms with Crippen LogP contribution in [0.3, 0.4) is 0 Å². The largest absolute Gasteiger partial charge is 0.369 e. The van der Waals surface area contributed by atoms with Crippen LogP contribution in [-0.4, -0.2) is 55.8 Å². The molecule has 1 fully saturated rings. The molecule has 1 aliphatic rings. The number of aromatic nitrogens is 3. The predicted molar refractivity (Wildman–Crippen MR) is 104 cm³/mol. The molecule has 3 N–H and O–H groups in total. The standard InChI is InChI=1S/C19H17N5O3S/c1-11-21-17-15(28-11)14(16(20)25)22-24(17)13-5-3-4-12(10-13)6-7-19(27)8-9-23(2)18(19)26/h3-5,10,27H,8-9H2,1-2H3,(H2,20,25). The summed E-state index contributed by atoms with van der Waals surface area (Å²) in [5.74, 6) is 4.56. The third kappa shape index (κ3) is 2.93. The van der Waals surface area contributed by atoms with Crippen LogP contribution in [0.2, 0.25) is 0 Å². The Bertz CT molecular complexity index is 1190. The fourth-order valence-electron chi connectivity index (χ4n) is 3.11. The Morgan fingerprint density at radius 1 is 1.43 bits per heavy atom. The normalized spacial score (nSPS) is 19.1. The third-order valence-corrected chi connectivity index (χ3v) is 5.55. The molecule has 0 radical (unpaired) electrons. The molecule has 0 spiro atoms. The summed E-state index contributed by atoms with van der Waals surface area (Å²) < 4.78 is 2.18. The fourth-order valence-corrected chi connectivity index (χ4v) is 4.00. The van der Waals surface area contributed by atoms with Crippen molar-refractivity contribution in [2.75, 3.05) is 13.6 Å². The summed E-state index contributed by atoms with van der Waals surface area (Å²) in [4.78, 5) is 29.7. The number of aliphatic hydroxyl groups is 1. The molecule has 28 heavy (non-hydrogen) atoms. The molecule has 2 aromatic heterocycles. The van der Waals surface area contributed by atoms with Crippen LogP contribution in [0.15, 0.2) is 24.3 Å². The number of likely N-dealkylation sites (N-methyl/N-ethyl adjacent to an activating group) is 1. The lowest BCUT2D eigenvalue weighted by atomic mass is 10.0. The van der Waals surface area contributed by atoms with Crippen LogP contribution < -0.4 is 5.73 Å². The van der Waals surface area contributed by atoms with Gasteiger partial charge in [-0.25, -0.2) is 9.67 Å². The Morgan fingerprint density at radius 2 is 2.21 bits per heavy atom. The number of thiazole rings is 1. The van der Waals surface area contributed by atoms with Crippen molar-refractivity contribution >= 4 is 33.5 Å². The highest BCUT2D eigenvalue weighted by molar-refractivity contribution is 7.18. The number of amides is 2. The van der Waals surface area contributed by atoms with E-state index in [1.165, 1.54) is 16.2 Å². The van der Waals surface area contributed by atoms with E-state index in [9.17, 15) is 14.7 Å². The van der Waals surface area contributed by atoms with Gasteiger partial charge in [-0.3, -0.25) is 9.59 Å². The van der Waals surface area contributed by atoms with Crippen LogP contribution in [0.1, 0.15) is 27.5 Å². The molecular weight excluding hydrogens is 378 g/mol. The molecule has 1 unspecified atom stereocenters. The molecule has 4 rings (SSSR count). The zero-order valence-corrected chi connectivity index (χ0v) is 16.1. The lowest BCUT2D eigenvalue weighted by Gasteiger charge is -2.13. The van der Waals surface area contributed by atoms with Gasteiger partial charge < -0.3 is 15.7 Å². The van der Waals surface area contributed by atoms with Gasteiger partial charge in [0.25, 0.3) is 11.8 Å². The molecule has 1 saturated heterocycles. The van der Waals surface area contributed by atoms with Crippen LogP contribution in [0, 0.1) is 18.8 Å². The Morgan fingerprint density at radius 3 is 2.89 bits per heavy atom. The van der Waals surface area contributed by atoms with Crippen molar-refractivity contribution in [2.24, 2.45) is 5.73 Å². The van der Waals surface area contributed by atoms with E-state index in [-0.39, 0.29) is 12.1 Å². The van der Waals surface area contributed by atoms with E-state index < -0.39 is 17.4 Å². The monoisotopic (exact) mass is 395 g/mol. The number of nitrogens with zero attached hydrogens (tertiary/aromatic N) is 4. The van der Waals surface area contributed by atoms with Crippen molar-refractivity contribution in [3.63, 3.8) is 0 Å². The van der Waals surface area contributed by atoms with Crippen molar-refractivity contribution in [2.45, 2.75) is 18.9 Å². The molecule has 0 aliphatic carbocycles. The number of hydrogen-bond donors (Lipinski definition) is 2. The second-order valence-corrected chi connectivity index (χ2v) is 7.85. The predicted octanol–water partition coefficient (Wildman–Crippen LogP) is 0.834. The minimum atomic E-state index is -1.66. The summed E-state index contributed by atoms with van der Waals surface area (Å²) in [6, 6.07) is 7.11. The van der Waals surface area contributed by atoms with Gasteiger partial charge in [0.15, 0.2) is 11.3 Å². The zero-order chi connectivity index (χ0) is 20.1. The SMILES string of the molecule is Cc1nc2c(s1)c(C(N)=O)nn2-c1cccc(C#CC2(O)CCN(C)C2=O)c1. The third-order valence-electron chi connectivity index (χ3n) is 4.58. The summed E-state index contributed by atoms with van der Waals surface area (Å²) >= 11 is 1.36. The first-order chi connectivity index (χ1) is 13.3. The topological polar surface area (TPSA) is 114 Å². The Hall–Kier alpha value is -3.22. The number of carbonyl (C=O) groups excluding carboxylic acids is 2. The Balaban J connectivity index is 1.75. The highest BCUT2D eigenvalue weighted by atomic mass is 32.1. The van der Waals surface area contributed by atoms with E-state index in [4.69, 9.17) is 5.73 Å². The maximum Gasteiger partial charge on any atom is 0.270 e. The number of primary amides is 1. The molecule has 3 heterocycles. The number of nitrogens with two attached hydrogens (primary N) is 1. The lowest BCUT2D eigenvalue weighted by Crippen LogP contribution is -2.37. The van der Waals surface area contributed by atoms with Crippen molar-refractivity contribution in [1.29, 1.82) is 0 Å². The second-order valence-electron chi connectivity index (χ2n) is 6.65. The Labute approximate surface area is 164 Å². The van der Waals surface area contributed by atoms with Gasteiger partial charge in [0, 0.05) is 25.6 Å². The zero-order valence-electron chi connectivity index (χ0n) is 15.3. The summed E-state index contributed by atoms with van der Waals surface area (Å²) in [5, 5.41) is 15.5. The average molecular weight is 395 g/mol. The first-order valence-electron chi connectivity index (χ1n) is 8.56. The number of rotatable bonds is 2. The van der Waals surface area contributed by atoms with Crippen LogP contribution in [0.25, 0.3) is 16.0 Å². The van der Waals surface area contributed by atoms with Gasteiger partial charge in [-0.05, 0) is 25.1 Å². The number of likely N-dealkylation sites (tertiary alicyclic amines) is 1. The van der Waals surface area contributed by atoms with E-state index in [1.807, 2.05) is 6.92 Å². The summed E-state index contributed by atoms with van der Waals surface area (Å²) in [6.07, 6.45) is 0.273. The molecule has 1 aliphatic heterocycles. The van der Waals surface area contributed by atoms with Crippen LogP contribution in [-0.2, 0) is 4.79 Å². The number of carbonyl (C=O) groups is 2. The first kappa shape index (κ1) is 18.2. The number of hydrogen-bond acceptors (Lipinski definition) is 6. The molecule has 9 heteroatoms. The minimum absolute atomic E-state index is 0.172. The van der Waals surface area contributed by atoms with Crippen LogP contribution in [0.5, 0.6) is 0 Å². The van der Waals surface area contributed by atoms with Crippen LogP contribution in [0.4, 0.5) is 0 Å². The quantitative estimate of drug-likeness (QED) is 0.624. The highest BCUT2D eigenvalue weighted by Crippen LogP contribution is 2.27. The van der Waals surface area contributed by atoms with Gasteiger partial charge in [-0.2, -0.15) is 5.10 Å². The van der Waals surface area contributed by atoms with E-state index in [0.29, 0.717) is 28.1 Å². The van der Waals surface area contributed by atoms with E-state index in [2.05, 4.69) is 21.9 Å². The smallest absolute Gasteiger partial charge is 0.270 e. The van der Waals surface area contributed by atoms with Gasteiger partial charge in [0.05, 0.1) is 10.7 Å². The molecular formula is C19H17N5O3S. The average Bonchev–Trinajstić information content (AvgIpc) is 3.28. The fraction of sp³-hybridized carbons (Fsp3) is 0.263. The van der Waals surface area contributed by atoms with Gasteiger partial charge in [0.2, 0.25) is 5.60 Å². The van der Waals surface area contributed by atoms with E-state index >= 15 is 0 Å². The van der Waals surface area contributed by atoms with Crippen LogP contribution >= 0.6 is 11.3 Å². The second kappa shape index (κ2) is 6.44. The van der Waals surface area contributed by atoms with Crippen molar-refractivity contribution in [1.82, 2.24) is 19.7 Å². The van der Waals surface area contributed by atoms with Gasteiger partial charge in [-0.15, -0.1) is 11.3 Å². The van der Waals surface area contributed by atoms with Crippen molar-refractivity contribution < 1.29 is 14.7 Å². The molecule has 0 saturated carbocycles. The Kier molecular flexibility index (Phi) is 4.18. The van der Waals surface area contributed by atoms with E-state index in [0.717, 1.165) is 5.01 Å². The molecule has 1 atom stereocenters. The van der Waals surface area contributed by atoms with E-state index in [1.54, 1.807) is 36.0 Å². The highest BCUT2D eigenvalue weighted by Gasteiger charge is 2.42. The first-order valence-corrected chi connectivity index (χ1v) is 9.38. The van der Waals surface area contributed by atoms with Crippen molar-refractivity contribution in [3.05, 3.63) is 40.5 Å². The number of benzene rings is 1. The van der Waals surface area contributed by atoms with Gasteiger partial charge in [0.1, 0.15) is 4.70 Å². The van der Waals surface area contributed by atoms with Crippen molar-refractivity contribution in [3.8, 4) is 17.5 Å². The molecule has 0 bridgehead atoms. The molecule has 142 valence electrons. The molecule has 2 amide bonds. The molecule has 3 aromatic rings. The summed E-state index contributed by atoms with van der Waals surface area (Å²) in [5.41, 5.74) is 5.76. The maximum atomic E-state index is 12.1. The van der Waals surface area contributed by atoms with Gasteiger partial charge >= 0.3 is 0 Å². The summed E-state index contributed by atoms with van der Waals surface area (Å²) in [6.45, 7) is 2.31. The molecule has 1 aromatic carbocycles. The number of fused-ring (bicyclic) bond motifs is 1. The number of aryl methyl sites for hydroxylation is 1. The summed E-state index contributed by atoms with van der Waals surface area (Å²) in [7, 11) is 1.64.